The molecule has 0 spiro atoms. The van der Waals surface area contributed by atoms with Gasteiger partial charge < -0.3 is 19.7 Å². The molecule has 0 saturated carbocycles. The van der Waals surface area contributed by atoms with Crippen LogP contribution >= 0.6 is 11.8 Å². The monoisotopic (exact) mass is 732 g/mol. The fourth-order valence-electron chi connectivity index (χ4n) is 8.01. The minimum absolute atomic E-state index is 0.0177. The van der Waals surface area contributed by atoms with Crippen LogP contribution in [0.25, 0.3) is 11.1 Å². The highest BCUT2D eigenvalue weighted by Gasteiger charge is 2.40. The fraction of sp³-hybridized carbons (Fsp3) is 0.571. The second-order valence-corrected chi connectivity index (χ2v) is 17.3. The highest BCUT2D eigenvalue weighted by atomic mass is 32.2. The van der Waals surface area contributed by atoms with Gasteiger partial charge >= 0.3 is 18.0 Å². The van der Waals surface area contributed by atoms with Gasteiger partial charge in [-0.2, -0.15) is 0 Å². The number of benzene rings is 2. The molecular weight excluding hydrogens is 677 g/mol. The Hall–Kier alpha value is -3.63. The van der Waals surface area contributed by atoms with Crippen molar-refractivity contribution in [2.75, 3.05) is 18.9 Å². The summed E-state index contributed by atoms with van der Waals surface area (Å²) in [4.78, 5) is 44.9. The van der Waals surface area contributed by atoms with Gasteiger partial charge in [0.1, 0.15) is 18.8 Å². The number of thioether (sulfide) groups is 1. The summed E-state index contributed by atoms with van der Waals surface area (Å²) in [5, 5.41) is 21.3. The average Bonchev–Trinajstić information content (AvgIpc) is 3.84. The normalized spacial score (nSPS) is 21.8. The molecule has 7 atom stereocenters. The molecule has 2 heterocycles. The van der Waals surface area contributed by atoms with E-state index in [2.05, 4.69) is 58.9 Å². The Morgan fingerprint density at radius 2 is 1.65 bits per heavy atom. The molecule has 2 N–H and O–H groups in total. The van der Waals surface area contributed by atoms with Gasteiger partial charge in [0.15, 0.2) is 0 Å². The molecule has 282 valence electrons. The summed E-state index contributed by atoms with van der Waals surface area (Å²) in [6.07, 6.45) is 3.27. The Morgan fingerprint density at radius 1 is 1.02 bits per heavy atom. The van der Waals surface area contributed by atoms with Crippen LogP contribution in [0.15, 0.2) is 65.2 Å². The number of carboxylic acids is 1. The van der Waals surface area contributed by atoms with Crippen molar-refractivity contribution in [3.05, 3.63) is 71.3 Å². The summed E-state index contributed by atoms with van der Waals surface area (Å²) < 4.78 is 12.3. The second-order valence-electron chi connectivity index (χ2n) is 16.3. The number of aliphatic hydroxyl groups is 1. The van der Waals surface area contributed by atoms with Crippen LogP contribution in [0.4, 0.5) is 4.79 Å². The number of carbonyl (C=O) groups excluding carboxylic acids is 2. The molecule has 52 heavy (non-hydrogen) atoms. The van der Waals surface area contributed by atoms with Gasteiger partial charge in [-0.15, -0.1) is 11.8 Å². The van der Waals surface area contributed by atoms with Crippen LogP contribution in [-0.4, -0.2) is 81.4 Å². The third-order valence-electron chi connectivity index (χ3n) is 10.7. The van der Waals surface area contributed by atoms with Gasteiger partial charge in [-0.05, 0) is 84.6 Å². The number of aliphatic hydroxyl groups excluding tert-OH is 1. The Balaban J connectivity index is 1.21. The predicted octanol–water partition coefficient (Wildman–Crippen LogP) is 8.34. The van der Waals surface area contributed by atoms with Gasteiger partial charge in [0.05, 0.1) is 17.2 Å². The van der Waals surface area contributed by atoms with Crippen molar-refractivity contribution in [1.82, 2.24) is 4.90 Å². The van der Waals surface area contributed by atoms with E-state index in [1.165, 1.54) is 4.90 Å². The van der Waals surface area contributed by atoms with Crippen LogP contribution in [0.3, 0.4) is 0 Å². The van der Waals surface area contributed by atoms with Crippen LogP contribution in [0.1, 0.15) is 97.6 Å². The number of ether oxygens (including phenoxy) is 2. The third kappa shape index (κ3) is 9.67. The topological polar surface area (TPSA) is 126 Å². The summed E-state index contributed by atoms with van der Waals surface area (Å²) in [5.74, 6) is -0.863. The van der Waals surface area contributed by atoms with E-state index in [9.17, 15) is 24.6 Å². The third-order valence-corrected chi connectivity index (χ3v) is 11.9. The number of likely N-dealkylation sites (tertiary alicyclic amines) is 1. The number of carbonyl (C=O) groups is 3. The summed E-state index contributed by atoms with van der Waals surface area (Å²) in [6.45, 7) is 14.9. The van der Waals surface area contributed by atoms with Gasteiger partial charge in [-0.3, -0.25) is 9.89 Å². The van der Waals surface area contributed by atoms with Gasteiger partial charge in [0, 0.05) is 29.7 Å². The Labute approximate surface area is 313 Å². The standard InChI is InChI=1S/C42H56N2O7S/c1-25(19-36(45)28(4)38-43-29(24-52-38)21-26(2)39(46)47)20-37(27(3)22-42(5,6)7)51-40(48)35-17-12-18-44(35)41(49)50-23-34-32-15-10-8-13-30(32)31-14-9-11-16-33(31)34/h8-11,13-16,21,25,27-29,34-37,45H,12,17-20,22-24H2,1-7H3,(H,46,47)/b26-21+/t25-,27-,28-,29-,35-,36-,37-/m0/s1. The van der Waals surface area contributed by atoms with E-state index in [0.29, 0.717) is 38.0 Å². The lowest BCUT2D eigenvalue weighted by atomic mass is 9.80. The van der Waals surface area contributed by atoms with Crippen molar-refractivity contribution in [3.63, 3.8) is 0 Å². The summed E-state index contributed by atoms with van der Waals surface area (Å²) in [6, 6.07) is 15.5. The first kappa shape index (κ1) is 39.6. The van der Waals surface area contributed by atoms with E-state index in [4.69, 9.17) is 14.5 Å². The molecule has 2 aromatic rings. The molecule has 1 saturated heterocycles. The molecular formula is C42H56N2O7S. The molecule has 10 heteroatoms. The maximum atomic E-state index is 13.9. The Morgan fingerprint density at radius 3 is 2.27 bits per heavy atom. The zero-order valence-electron chi connectivity index (χ0n) is 31.7. The van der Waals surface area contributed by atoms with Gasteiger partial charge in [0.2, 0.25) is 0 Å². The number of carboxylic acid groups (broad SMARTS) is 1. The van der Waals surface area contributed by atoms with Gasteiger partial charge in [-0.1, -0.05) is 90.1 Å². The van der Waals surface area contributed by atoms with Crippen LogP contribution in [-0.2, 0) is 19.1 Å². The second kappa shape index (κ2) is 17.0. The lowest BCUT2D eigenvalue weighted by molar-refractivity contribution is -0.158. The SMILES string of the molecule is C/C(=C\[C@H]1CSC([C@@H](C)[C@@H](O)C[C@H](C)C[C@H](OC(=O)[C@@H]2CCCN2C(=O)OCC2c3ccccc3-c3ccccc32)[C@@H](C)CC(C)(C)C)=N1)C(=O)O. The maximum Gasteiger partial charge on any atom is 0.410 e. The number of fused-ring (bicyclic) bond motifs is 3. The van der Waals surface area contributed by atoms with Crippen molar-refractivity contribution in [1.29, 1.82) is 0 Å². The van der Waals surface area contributed by atoms with Gasteiger partial charge in [-0.25, -0.2) is 14.4 Å². The lowest BCUT2D eigenvalue weighted by Gasteiger charge is -2.33. The molecule has 2 aromatic carbocycles. The lowest BCUT2D eigenvalue weighted by Crippen LogP contribution is -2.44. The molecule has 0 radical (unpaired) electrons. The van der Waals surface area contributed by atoms with E-state index in [-0.39, 0.29) is 53.4 Å². The molecule has 1 amide bonds. The number of nitrogens with zero attached hydrogens (tertiary/aromatic N) is 2. The Kier molecular flexibility index (Phi) is 12.9. The van der Waals surface area contributed by atoms with Crippen LogP contribution in [0.2, 0.25) is 0 Å². The zero-order valence-corrected chi connectivity index (χ0v) is 32.5. The van der Waals surface area contributed by atoms with E-state index in [1.807, 2.05) is 31.2 Å². The number of rotatable bonds is 14. The fourth-order valence-corrected chi connectivity index (χ4v) is 9.15. The largest absolute Gasteiger partial charge is 0.478 e. The van der Waals surface area contributed by atoms with E-state index < -0.39 is 30.2 Å². The summed E-state index contributed by atoms with van der Waals surface area (Å²) in [5.41, 5.74) is 4.88. The molecule has 3 aliphatic rings. The minimum Gasteiger partial charge on any atom is -0.478 e. The predicted molar refractivity (Wildman–Crippen MR) is 207 cm³/mol. The van der Waals surface area contributed by atoms with Crippen LogP contribution in [0.5, 0.6) is 0 Å². The summed E-state index contributed by atoms with van der Waals surface area (Å²) >= 11 is 1.56. The zero-order chi connectivity index (χ0) is 37.7. The first-order valence-corrected chi connectivity index (χ1v) is 19.7. The van der Waals surface area contributed by atoms with Crippen molar-refractivity contribution >= 4 is 34.8 Å². The smallest absolute Gasteiger partial charge is 0.410 e. The van der Waals surface area contributed by atoms with Crippen LogP contribution in [0, 0.1) is 23.2 Å². The van der Waals surface area contributed by atoms with Crippen molar-refractivity contribution in [3.8, 4) is 11.1 Å². The molecule has 1 aliphatic carbocycles. The molecule has 0 unspecified atom stereocenters. The maximum absolute atomic E-state index is 13.9. The molecule has 9 nitrogen and oxygen atoms in total. The minimum atomic E-state index is -0.954. The number of amides is 1. The molecule has 0 bridgehead atoms. The molecule has 5 rings (SSSR count). The van der Waals surface area contributed by atoms with Crippen molar-refractivity contribution in [2.45, 2.75) is 111 Å². The number of hydrogen-bond acceptors (Lipinski definition) is 8. The van der Waals surface area contributed by atoms with E-state index in [1.54, 1.807) is 24.8 Å². The van der Waals surface area contributed by atoms with Crippen molar-refractivity contribution in [2.24, 2.45) is 28.2 Å². The first-order valence-electron chi connectivity index (χ1n) is 18.7. The first-order chi connectivity index (χ1) is 24.6. The number of esters is 1. The van der Waals surface area contributed by atoms with Gasteiger partial charge in [0.25, 0.3) is 0 Å². The molecule has 2 aliphatic heterocycles. The van der Waals surface area contributed by atoms with E-state index in [0.717, 1.165) is 33.7 Å². The van der Waals surface area contributed by atoms with Crippen molar-refractivity contribution < 1.29 is 34.1 Å². The number of aliphatic imine (C=N–C) groups is 1. The van der Waals surface area contributed by atoms with E-state index >= 15 is 0 Å². The number of aliphatic carboxylic acids is 1. The average molecular weight is 733 g/mol. The van der Waals surface area contributed by atoms with Crippen LogP contribution < -0.4 is 0 Å². The highest BCUT2D eigenvalue weighted by molar-refractivity contribution is 8.14. The highest BCUT2D eigenvalue weighted by Crippen LogP contribution is 2.44. The number of hydrogen-bond donors (Lipinski definition) is 2. The summed E-state index contributed by atoms with van der Waals surface area (Å²) in [7, 11) is 0. The Bertz CT molecular complexity index is 1620. The quantitative estimate of drug-likeness (QED) is 0.147. The molecule has 0 aromatic heterocycles. The molecule has 1 fully saturated rings.